The molecular formula is C24H33N7O3. The van der Waals surface area contributed by atoms with Crippen LogP contribution in [-0.2, 0) is 22.7 Å². The van der Waals surface area contributed by atoms with Gasteiger partial charge in [-0.25, -0.2) is 0 Å². The predicted molar refractivity (Wildman–Crippen MR) is 131 cm³/mol. The molecule has 1 aromatic carbocycles. The number of nitrogens with one attached hydrogen (secondary N) is 2. The number of hydrazine groups is 1. The summed E-state index contributed by atoms with van der Waals surface area (Å²) in [6.45, 7) is 11.2. The summed E-state index contributed by atoms with van der Waals surface area (Å²) in [5.74, 6) is 6.30. The van der Waals surface area contributed by atoms with Gasteiger partial charge in [-0.3, -0.25) is 20.4 Å². The largest absolute Gasteiger partial charge is 0.504 e. The molecule has 34 heavy (non-hydrogen) atoms. The molecule has 0 saturated heterocycles. The van der Waals surface area contributed by atoms with Crippen molar-refractivity contribution in [3.63, 3.8) is 0 Å². The maximum absolute atomic E-state index is 8.58. The van der Waals surface area contributed by atoms with E-state index in [4.69, 9.17) is 20.5 Å². The number of hydrogen-bond donors (Lipinski definition) is 4. The molecule has 3 heterocycles. The normalized spacial score (nSPS) is 11.6. The summed E-state index contributed by atoms with van der Waals surface area (Å²) in [6, 6.07) is 8.44. The zero-order chi connectivity index (χ0) is 25.1. The molecule has 0 fully saturated rings. The molecule has 3 aromatic rings. The zero-order valence-corrected chi connectivity index (χ0v) is 20.0. The third-order valence-electron chi connectivity index (χ3n) is 4.89. The Bertz CT molecular complexity index is 1120. The number of nitrogens with zero attached hydrogens (tertiary/aromatic N) is 3. The van der Waals surface area contributed by atoms with Crippen LogP contribution in [0.3, 0.4) is 0 Å². The number of fused-ring (bicyclic) bond motifs is 2. The number of amides is 1. The van der Waals surface area contributed by atoms with Gasteiger partial charge < -0.3 is 20.6 Å². The highest BCUT2D eigenvalue weighted by atomic mass is 16.5. The number of allylic oxidation sites excluding steroid dienone is 1. The Morgan fingerprint density at radius 1 is 1.38 bits per heavy atom. The van der Waals surface area contributed by atoms with E-state index in [0.29, 0.717) is 18.2 Å². The average molecular weight is 468 g/mol. The summed E-state index contributed by atoms with van der Waals surface area (Å²) in [7, 11) is 1.56. The van der Waals surface area contributed by atoms with Crippen LogP contribution in [0.1, 0.15) is 42.3 Å². The first-order valence-corrected chi connectivity index (χ1v) is 10.7. The van der Waals surface area contributed by atoms with Gasteiger partial charge in [-0.1, -0.05) is 32.6 Å². The van der Waals surface area contributed by atoms with Crippen LogP contribution in [0.25, 0.3) is 11.3 Å². The van der Waals surface area contributed by atoms with E-state index in [1.54, 1.807) is 13.2 Å². The average Bonchev–Trinajstić information content (AvgIpc) is 3.42. The molecule has 1 aliphatic heterocycles. The van der Waals surface area contributed by atoms with E-state index in [-0.39, 0.29) is 6.41 Å². The zero-order valence-electron chi connectivity index (χ0n) is 20.0. The maximum Gasteiger partial charge on any atom is 0.204 e. The number of methoxy groups -OCH3 is 1. The van der Waals surface area contributed by atoms with Gasteiger partial charge in [-0.15, -0.1) is 0 Å². The number of aryl methyl sites for hydroxylation is 1. The van der Waals surface area contributed by atoms with E-state index in [9.17, 15) is 0 Å². The van der Waals surface area contributed by atoms with E-state index in [1.807, 2.05) is 10.9 Å². The second-order valence-corrected chi connectivity index (χ2v) is 7.77. The summed E-state index contributed by atoms with van der Waals surface area (Å²) >= 11 is 0. The summed E-state index contributed by atoms with van der Waals surface area (Å²) in [5.41, 5.74) is 13.7. The van der Waals surface area contributed by atoms with Crippen molar-refractivity contribution in [2.75, 3.05) is 7.11 Å². The smallest absolute Gasteiger partial charge is 0.204 e. The van der Waals surface area contributed by atoms with Crippen molar-refractivity contribution in [2.24, 2.45) is 11.6 Å². The van der Waals surface area contributed by atoms with Gasteiger partial charge >= 0.3 is 0 Å². The van der Waals surface area contributed by atoms with Gasteiger partial charge in [0.25, 0.3) is 0 Å². The Morgan fingerprint density at radius 3 is 2.76 bits per heavy atom. The van der Waals surface area contributed by atoms with Crippen LogP contribution in [0.4, 0.5) is 0 Å². The Labute approximate surface area is 199 Å². The minimum atomic E-state index is 0.250. The highest BCUT2D eigenvalue weighted by molar-refractivity contribution is 5.62. The number of H-pyrrole nitrogens is 1. The lowest BCUT2D eigenvalue weighted by Crippen LogP contribution is -2.18. The summed E-state index contributed by atoms with van der Waals surface area (Å²) in [4.78, 5) is 8.58. The molecule has 10 nitrogen and oxygen atoms in total. The maximum atomic E-state index is 8.58. The number of primary amides is 1. The first-order valence-electron chi connectivity index (χ1n) is 10.7. The van der Waals surface area contributed by atoms with Crippen LogP contribution in [0.5, 0.6) is 5.75 Å². The molecule has 10 heteroatoms. The molecule has 0 spiro atoms. The van der Waals surface area contributed by atoms with Crippen molar-refractivity contribution in [1.29, 1.82) is 0 Å². The lowest BCUT2D eigenvalue weighted by Gasteiger charge is -2.07. The Hall–Kier alpha value is -4.05. The van der Waals surface area contributed by atoms with Crippen molar-refractivity contribution >= 4 is 6.41 Å². The molecule has 1 aliphatic rings. The fourth-order valence-corrected chi connectivity index (χ4v) is 3.22. The first kappa shape index (κ1) is 26.2. The van der Waals surface area contributed by atoms with Crippen molar-refractivity contribution in [2.45, 2.75) is 39.8 Å². The van der Waals surface area contributed by atoms with Crippen molar-refractivity contribution < 1.29 is 14.3 Å². The number of carbonyl (C=O) groups is 1. The lowest BCUT2D eigenvalue weighted by atomic mass is 10.0. The van der Waals surface area contributed by atoms with Crippen LogP contribution in [0.2, 0.25) is 0 Å². The molecule has 2 aromatic heterocycles. The number of nitrogens with two attached hydrogens (primary N) is 2. The highest BCUT2D eigenvalue weighted by Gasteiger charge is 2.19. The number of hydrogen-bond acceptors (Lipinski definition) is 7. The molecule has 0 aliphatic carbocycles. The van der Waals surface area contributed by atoms with Crippen LogP contribution in [-0.4, -0.2) is 33.5 Å². The van der Waals surface area contributed by atoms with Gasteiger partial charge in [0.1, 0.15) is 12.4 Å². The quantitative estimate of drug-likeness (QED) is 0.148. The third kappa shape index (κ3) is 6.97. The van der Waals surface area contributed by atoms with E-state index in [2.05, 4.69) is 77.7 Å². The molecule has 6 N–H and O–H groups in total. The molecule has 0 bridgehead atoms. The fraction of sp³-hybridized carbons (Fsp3) is 0.292. The van der Waals surface area contributed by atoms with Gasteiger partial charge in [0.15, 0.2) is 0 Å². The Morgan fingerprint density at radius 2 is 2.12 bits per heavy atom. The minimum absolute atomic E-state index is 0.250. The predicted octanol–water partition coefficient (Wildman–Crippen LogP) is 2.87. The topological polar surface area (TPSA) is 146 Å². The molecule has 4 rings (SSSR count). The van der Waals surface area contributed by atoms with Crippen molar-refractivity contribution in [3.05, 3.63) is 77.6 Å². The molecule has 182 valence electrons. The summed E-state index contributed by atoms with van der Waals surface area (Å²) in [6.07, 6.45) is 5.22. The molecule has 0 atom stereocenters. The second kappa shape index (κ2) is 12.9. The van der Waals surface area contributed by atoms with E-state index in [0.717, 1.165) is 34.9 Å². The van der Waals surface area contributed by atoms with Crippen LogP contribution >= 0.6 is 0 Å². The number of rotatable bonds is 5. The number of aromatic nitrogens is 4. The second-order valence-electron chi connectivity index (χ2n) is 7.77. The van der Waals surface area contributed by atoms with Crippen LogP contribution < -0.4 is 21.7 Å². The number of aromatic amines is 1. The number of carbonyl (C=O) groups excluding carboxylic acids is 1. The van der Waals surface area contributed by atoms with Gasteiger partial charge in [0.2, 0.25) is 6.41 Å². The minimum Gasteiger partial charge on any atom is -0.504 e. The third-order valence-corrected chi connectivity index (χ3v) is 4.89. The van der Waals surface area contributed by atoms with E-state index in [1.165, 1.54) is 17.4 Å². The molecule has 1 amide bonds. The summed E-state index contributed by atoms with van der Waals surface area (Å²) < 4.78 is 12.6. The van der Waals surface area contributed by atoms with Crippen molar-refractivity contribution in [1.82, 2.24) is 25.4 Å². The number of benzene rings is 1. The van der Waals surface area contributed by atoms with E-state index < -0.39 is 0 Å². The molecule has 0 radical (unpaired) electrons. The fourth-order valence-electron chi connectivity index (χ4n) is 3.22. The monoisotopic (exact) mass is 467 g/mol. The standard InChI is InChI=1S/C18H20N4O.C5H10N2O.CH3NO/c1-11(2)18-15(8-19-20-18)16-7-14-10-23-17-6-12(3)4-5-13(17)9-22(14)21-16;1-5(7-6)3-4-8-2;2-1-3/h4-8,11H,9-10H2,1-3H3,(H,19,20);3-4,7H,1,6H2,2H3;1H,(H2,2,3)/b;4-3+;. The molecule has 0 unspecified atom stereocenters. The lowest BCUT2D eigenvalue weighted by molar-refractivity contribution is -0.106. The van der Waals surface area contributed by atoms with Crippen LogP contribution in [0.15, 0.2) is 55.1 Å². The Balaban J connectivity index is 0.000000315. The van der Waals surface area contributed by atoms with Gasteiger partial charge in [-0.2, -0.15) is 10.2 Å². The molecule has 0 saturated carbocycles. The van der Waals surface area contributed by atoms with Crippen LogP contribution in [0, 0.1) is 6.92 Å². The first-order chi connectivity index (χ1) is 16.3. The Kier molecular flexibility index (Phi) is 9.90. The van der Waals surface area contributed by atoms with Gasteiger partial charge in [0, 0.05) is 22.5 Å². The van der Waals surface area contributed by atoms with Gasteiger partial charge in [0.05, 0.1) is 37.5 Å². The van der Waals surface area contributed by atoms with Crippen molar-refractivity contribution in [3.8, 4) is 17.0 Å². The van der Waals surface area contributed by atoms with Gasteiger partial charge in [-0.05, 0) is 36.6 Å². The molecular weight excluding hydrogens is 434 g/mol. The summed E-state index contributed by atoms with van der Waals surface area (Å²) in [5, 5.41) is 12.1. The SMILES string of the molecule is C=C(/C=C/OC)NN.Cc1ccc2c(c1)OCc1cc(-c3cn[nH]c3C(C)C)nn1C2.NC=O. The highest BCUT2D eigenvalue weighted by Crippen LogP contribution is 2.30. The number of ether oxygens (including phenoxy) is 2. The van der Waals surface area contributed by atoms with E-state index >= 15 is 0 Å².